The number of carboxylic acid groups (broad SMARTS) is 1. The molecule has 7 heteroatoms. The number of hydrazine groups is 1. The quantitative estimate of drug-likeness (QED) is 0.816. The first-order valence-electron chi connectivity index (χ1n) is 7.32. The summed E-state index contributed by atoms with van der Waals surface area (Å²) < 4.78 is 2.01. The third-order valence-electron chi connectivity index (χ3n) is 3.92. The molecule has 0 spiro atoms. The standard InChI is InChI=1S/C16H18N4O2S/c1-18-9-4-7-14(18)20-11-19(16(23)17-20)10-8-12-5-2-3-6-13(12)15(21)22/h2-7,9H,8,10-11H2,1H3,(H,17,23)(H,21,22). The number of rotatable bonds is 5. The maximum Gasteiger partial charge on any atom is 0.335 e. The lowest BCUT2D eigenvalue weighted by atomic mass is 10.0. The van der Waals surface area contributed by atoms with Gasteiger partial charge in [0, 0.05) is 19.8 Å². The molecule has 0 amide bonds. The van der Waals surface area contributed by atoms with Gasteiger partial charge in [-0.3, -0.25) is 10.4 Å². The van der Waals surface area contributed by atoms with Gasteiger partial charge in [-0.05, 0) is 42.4 Å². The number of carboxylic acids is 1. The average Bonchev–Trinajstić information content (AvgIpc) is 3.11. The number of aromatic nitrogens is 1. The van der Waals surface area contributed by atoms with Gasteiger partial charge >= 0.3 is 5.97 Å². The number of nitrogens with one attached hydrogen (secondary N) is 1. The third kappa shape index (κ3) is 3.14. The largest absolute Gasteiger partial charge is 0.478 e. The summed E-state index contributed by atoms with van der Waals surface area (Å²) in [7, 11) is 1.98. The SMILES string of the molecule is Cn1cccc1N1CN(CCc2ccccc2C(=O)O)C(=S)N1. The van der Waals surface area contributed by atoms with Crippen LogP contribution in [0, 0.1) is 0 Å². The van der Waals surface area contributed by atoms with Gasteiger partial charge in [-0.15, -0.1) is 0 Å². The van der Waals surface area contributed by atoms with Gasteiger partial charge in [0.05, 0.1) is 5.56 Å². The second-order valence-corrected chi connectivity index (χ2v) is 5.83. The Hall–Kier alpha value is -2.54. The van der Waals surface area contributed by atoms with E-state index in [0.717, 1.165) is 11.4 Å². The highest BCUT2D eigenvalue weighted by molar-refractivity contribution is 7.80. The van der Waals surface area contributed by atoms with Gasteiger partial charge < -0.3 is 14.6 Å². The van der Waals surface area contributed by atoms with Crippen molar-refractivity contribution in [1.82, 2.24) is 14.9 Å². The molecule has 23 heavy (non-hydrogen) atoms. The smallest absolute Gasteiger partial charge is 0.335 e. The average molecular weight is 330 g/mol. The molecule has 6 nitrogen and oxygen atoms in total. The van der Waals surface area contributed by atoms with Crippen molar-refractivity contribution in [3.63, 3.8) is 0 Å². The Morgan fingerprint density at radius 3 is 2.78 bits per heavy atom. The summed E-state index contributed by atoms with van der Waals surface area (Å²) in [5.41, 5.74) is 4.35. The Labute approximate surface area is 139 Å². The van der Waals surface area contributed by atoms with E-state index in [-0.39, 0.29) is 0 Å². The van der Waals surface area contributed by atoms with E-state index in [4.69, 9.17) is 12.2 Å². The Kier molecular flexibility index (Phi) is 4.20. The normalized spacial score (nSPS) is 14.2. The van der Waals surface area contributed by atoms with Crippen LogP contribution < -0.4 is 10.4 Å². The van der Waals surface area contributed by atoms with Crippen LogP contribution in [-0.4, -0.2) is 38.9 Å². The van der Waals surface area contributed by atoms with E-state index >= 15 is 0 Å². The molecule has 0 atom stereocenters. The van der Waals surface area contributed by atoms with Gasteiger partial charge in [0.15, 0.2) is 5.11 Å². The predicted molar refractivity (Wildman–Crippen MR) is 92.3 cm³/mol. The number of benzene rings is 1. The Bertz CT molecular complexity index is 743. The molecule has 1 aliphatic heterocycles. The molecule has 0 aliphatic carbocycles. The Morgan fingerprint density at radius 1 is 1.30 bits per heavy atom. The number of aromatic carboxylic acids is 1. The maximum absolute atomic E-state index is 11.3. The van der Waals surface area contributed by atoms with E-state index in [9.17, 15) is 9.90 Å². The number of nitrogens with zero attached hydrogens (tertiary/aromatic N) is 3. The fraction of sp³-hybridized carbons (Fsp3) is 0.250. The van der Waals surface area contributed by atoms with Gasteiger partial charge in [0.25, 0.3) is 0 Å². The van der Waals surface area contributed by atoms with Gasteiger partial charge in [0.2, 0.25) is 0 Å². The zero-order valence-corrected chi connectivity index (χ0v) is 13.6. The third-order valence-corrected chi connectivity index (χ3v) is 4.27. The Balaban J connectivity index is 1.67. The van der Waals surface area contributed by atoms with Crippen molar-refractivity contribution in [3.05, 3.63) is 53.7 Å². The number of hydrogen-bond acceptors (Lipinski definition) is 3. The summed E-state index contributed by atoms with van der Waals surface area (Å²) in [4.78, 5) is 13.3. The van der Waals surface area contributed by atoms with E-state index in [1.54, 1.807) is 12.1 Å². The lowest BCUT2D eigenvalue weighted by molar-refractivity contribution is 0.0695. The first kappa shape index (κ1) is 15.4. The topological polar surface area (TPSA) is 60.7 Å². The molecule has 0 radical (unpaired) electrons. The van der Waals surface area contributed by atoms with Crippen LogP contribution in [0.15, 0.2) is 42.6 Å². The molecule has 1 aromatic heterocycles. The highest BCUT2D eigenvalue weighted by Gasteiger charge is 2.25. The number of aryl methyl sites for hydroxylation is 1. The van der Waals surface area contributed by atoms with E-state index in [2.05, 4.69) is 5.43 Å². The first-order valence-corrected chi connectivity index (χ1v) is 7.72. The fourth-order valence-electron chi connectivity index (χ4n) is 2.69. The molecular formula is C16H18N4O2S. The van der Waals surface area contributed by atoms with Crippen LogP contribution in [0.1, 0.15) is 15.9 Å². The maximum atomic E-state index is 11.3. The van der Waals surface area contributed by atoms with Gasteiger partial charge in [-0.2, -0.15) is 0 Å². The lowest BCUT2D eigenvalue weighted by Gasteiger charge is -2.19. The van der Waals surface area contributed by atoms with Crippen LogP contribution >= 0.6 is 12.2 Å². The molecule has 1 aliphatic rings. The minimum absolute atomic E-state index is 0.352. The van der Waals surface area contributed by atoms with Crippen molar-refractivity contribution in [3.8, 4) is 0 Å². The molecule has 120 valence electrons. The van der Waals surface area contributed by atoms with Crippen LogP contribution in [0.3, 0.4) is 0 Å². The van der Waals surface area contributed by atoms with Crippen LogP contribution in [0.5, 0.6) is 0 Å². The van der Waals surface area contributed by atoms with Crippen molar-refractivity contribution in [2.24, 2.45) is 7.05 Å². The summed E-state index contributed by atoms with van der Waals surface area (Å²) in [6.45, 7) is 1.29. The lowest BCUT2D eigenvalue weighted by Crippen LogP contribution is -2.33. The highest BCUT2D eigenvalue weighted by atomic mass is 32.1. The van der Waals surface area contributed by atoms with Crippen molar-refractivity contribution in [2.75, 3.05) is 18.2 Å². The minimum Gasteiger partial charge on any atom is -0.478 e. The molecule has 1 saturated heterocycles. The molecule has 0 unspecified atom stereocenters. The second kappa shape index (κ2) is 6.29. The highest BCUT2D eigenvalue weighted by Crippen LogP contribution is 2.17. The summed E-state index contributed by atoms with van der Waals surface area (Å²) in [5.74, 6) is 0.133. The van der Waals surface area contributed by atoms with Crippen molar-refractivity contribution in [1.29, 1.82) is 0 Å². The van der Waals surface area contributed by atoms with E-state index in [1.807, 2.05) is 52.0 Å². The predicted octanol–water partition coefficient (Wildman–Crippen LogP) is 1.83. The van der Waals surface area contributed by atoms with Gasteiger partial charge in [0.1, 0.15) is 12.5 Å². The van der Waals surface area contributed by atoms with E-state index in [1.165, 1.54) is 0 Å². The summed E-state index contributed by atoms with van der Waals surface area (Å²) in [5, 5.41) is 11.9. The minimum atomic E-state index is -0.895. The summed E-state index contributed by atoms with van der Waals surface area (Å²) >= 11 is 5.38. The first-order chi connectivity index (χ1) is 11.1. The number of anilines is 1. The van der Waals surface area contributed by atoms with Crippen LogP contribution in [-0.2, 0) is 13.5 Å². The number of carbonyl (C=O) groups is 1. The van der Waals surface area contributed by atoms with Crippen LogP contribution in [0.4, 0.5) is 5.82 Å². The molecule has 0 saturated carbocycles. The summed E-state index contributed by atoms with van der Waals surface area (Å²) in [6.07, 6.45) is 2.61. The van der Waals surface area contributed by atoms with Crippen molar-refractivity contribution >= 4 is 29.1 Å². The fourth-order valence-corrected chi connectivity index (χ4v) is 2.95. The molecule has 3 rings (SSSR count). The molecule has 2 aromatic rings. The zero-order valence-electron chi connectivity index (χ0n) is 12.8. The molecule has 2 N–H and O–H groups in total. The second-order valence-electron chi connectivity index (χ2n) is 5.44. The molecule has 1 fully saturated rings. The van der Waals surface area contributed by atoms with E-state index in [0.29, 0.717) is 30.3 Å². The molecule has 0 bridgehead atoms. The monoisotopic (exact) mass is 330 g/mol. The van der Waals surface area contributed by atoms with Gasteiger partial charge in [-0.1, -0.05) is 18.2 Å². The number of thiocarbonyl (C=S) groups is 1. The number of hydrogen-bond donors (Lipinski definition) is 2. The molecular weight excluding hydrogens is 312 g/mol. The van der Waals surface area contributed by atoms with E-state index < -0.39 is 5.97 Å². The Morgan fingerprint density at radius 2 is 2.09 bits per heavy atom. The molecule has 2 heterocycles. The van der Waals surface area contributed by atoms with Crippen LogP contribution in [0.2, 0.25) is 0 Å². The van der Waals surface area contributed by atoms with Crippen LogP contribution in [0.25, 0.3) is 0 Å². The zero-order chi connectivity index (χ0) is 16.4. The summed E-state index contributed by atoms with van der Waals surface area (Å²) in [6, 6.07) is 11.1. The van der Waals surface area contributed by atoms with Gasteiger partial charge in [-0.25, -0.2) is 4.79 Å². The molecule has 1 aromatic carbocycles. The van der Waals surface area contributed by atoms with Crippen molar-refractivity contribution in [2.45, 2.75) is 6.42 Å². The van der Waals surface area contributed by atoms with Crippen molar-refractivity contribution < 1.29 is 9.90 Å².